The molecule has 0 saturated heterocycles. The van der Waals surface area contributed by atoms with Gasteiger partial charge in [-0.15, -0.1) is 5.10 Å². The molecule has 0 radical (unpaired) electrons. The number of aryl methyl sites for hydroxylation is 2. The summed E-state index contributed by atoms with van der Waals surface area (Å²) in [6, 6.07) is 6.31. The van der Waals surface area contributed by atoms with Gasteiger partial charge in [0.15, 0.2) is 5.82 Å². The molecule has 1 amide bonds. The Morgan fingerprint density at radius 1 is 1.36 bits per heavy atom. The average Bonchev–Trinajstić information content (AvgIpc) is 3.05. The summed E-state index contributed by atoms with van der Waals surface area (Å²) in [7, 11) is 0. The molecule has 0 saturated carbocycles. The zero-order valence-electron chi connectivity index (χ0n) is 14.5. The van der Waals surface area contributed by atoms with Gasteiger partial charge in [-0.25, -0.2) is 4.68 Å². The van der Waals surface area contributed by atoms with Gasteiger partial charge in [-0.1, -0.05) is 41.9 Å². The molecule has 2 heterocycles. The summed E-state index contributed by atoms with van der Waals surface area (Å²) < 4.78 is 2.95. The molecule has 0 fully saturated rings. The van der Waals surface area contributed by atoms with Crippen molar-refractivity contribution in [2.45, 2.75) is 52.1 Å². The molecule has 2 aliphatic rings. The number of nitrogens with one attached hydrogen (secondary N) is 1. The lowest BCUT2D eigenvalue weighted by molar-refractivity contribution is -0.127. The lowest BCUT2D eigenvalue weighted by atomic mass is 9.84. The van der Waals surface area contributed by atoms with Crippen LogP contribution in [0.1, 0.15) is 49.7 Å². The predicted molar refractivity (Wildman–Crippen MR) is 96.8 cm³/mol. The summed E-state index contributed by atoms with van der Waals surface area (Å²) in [6.07, 6.45) is 3.29. The van der Waals surface area contributed by atoms with Crippen molar-refractivity contribution < 1.29 is 4.79 Å². The van der Waals surface area contributed by atoms with Crippen molar-refractivity contribution in [2.24, 2.45) is 11.3 Å². The number of fused-ring (bicyclic) bond motifs is 2. The van der Waals surface area contributed by atoms with Gasteiger partial charge in [0.1, 0.15) is 0 Å². The van der Waals surface area contributed by atoms with Crippen LogP contribution in [0.15, 0.2) is 22.7 Å². The third-order valence-electron chi connectivity index (χ3n) is 5.55. The quantitative estimate of drug-likeness (QED) is 0.836. The molecule has 7 heteroatoms. The van der Waals surface area contributed by atoms with Crippen molar-refractivity contribution >= 4 is 21.8 Å². The number of halogens is 1. The molecular weight excluding hydrogens is 382 g/mol. The van der Waals surface area contributed by atoms with Crippen LogP contribution in [0, 0.1) is 11.3 Å². The molecule has 2 unspecified atom stereocenters. The van der Waals surface area contributed by atoms with Crippen LogP contribution < -0.4 is 5.32 Å². The number of aromatic nitrogens is 4. The van der Waals surface area contributed by atoms with Gasteiger partial charge in [0.25, 0.3) is 0 Å². The summed E-state index contributed by atoms with van der Waals surface area (Å²) in [5, 5.41) is 15.1. The van der Waals surface area contributed by atoms with E-state index in [-0.39, 0.29) is 23.3 Å². The molecule has 1 aromatic heterocycles. The first-order valence-electron chi connectivity index (χ1n) is 8.78. The molecule has 1 aliphatic carbocycles. The summed E-state index contributed by atoms with van der Waals surface area (Å²) in [6.45, 7) is 5.15. The smallest absolute Gasteiger partial charge is 0.223 e. The van der Waals surface area contributed by atoms with E-state index in [1.807, 2.05) is 10.7 Å². The summed E-state index contributed by atoms with van der Waals surface area (Å²) in [5.74, 6) is 1.02. The molecule has 1 N–H and O–H groups in total. The number of hydrogen-bond acceptors (Lipinski definition) is 4. The van der Waals surface area contributed by atoms with Crippen molar-refractivity contribution in [2.75, 3.05) is 0 Å². The van der Waals surface area contributed by atoms with Crippen molar-refractivity contribution in [3.63, 3.8) is 0 Å². The number of nitrogens with zero attached hydrogens (tertiary/aromatic N) is 4. The molecule has 132 valence electrons. The highest BCUT2D eigenvalue weighted by Crippen LogP contribution is 2.47. The van der Waals surface area contributed by atoms with Gasteiger partial charge in [-0.2, -0.15) is 0 Å². The summed E-state index contributed by atoms with van der Waals surface area (Å²) >= 11 is 3.66. The molecule has 2 aromatic rings. The topological polar surface area (TPSA) is 72.7 Å². The Morgan fingerprint density at radius 2 is 2.20 bits per heavy atom. The second kappa shape index (κ2) is 6.20. The van der Waals surface area contributed by atoms with Gasteiger partial charge in [-0.05, 0) is 52.3 Å². The fourth-order valence-electron chi connectivity index (χ4n) is 4.11. The van der Waals surface area contributed by atoms with Crippen molar-refractivity contribution in [1.82, 2.24) is 25.5 Å². The normalized spacial score (nSPS) is 24.3. The standard InChI is InChI=1S/C18H22BrN5O/c1-18(2)10-13-12(4-3-5-14(13)19)16(18)20-17(25)11-6-7-15-21-22-23-24(15)9-8-11/h3-5,11,16H,6-10H2,1-2H3,(H,20,25). The maximum absolute atomic E-state index is 13.0. The van der Waals surface area contributed by atoms with E-state index < -0.39 is 0 Å². The van der Waals surface area contributed by atoms with Crippen molar-refractivity contribution in [3.8, 4) is 0 Å². The first kappa shape index (κ1) is 16.7. The lowest BCUT2D eigenvalue weighted by Crippen LogP contribution is -2.39. The van der Waals surface area contributed by atoms with Gasteiger partial charge < -0.3 is 5.32 Å². The fraction of sp³-hybridized carbons (Fsp3) is 0.556. The Labute approximate surface area is 155 Å². The van der Waals surface area contributed by atoms with Crippen LogP contribution in [0.3, 0.4) is 0 Å². The zero-order chi connectivity index (χ0) is 17.6. The van der Waals surface area contributed by atoms with Crippen LogP contribution in [0.25, 0.3) is 0 Å². The highest BCUT2D eigenvalue weighted by molar-refractivity contribution is 9.10. The number of benzene rings is 1. The second-order valence-corrected chi connectivity index (χ2v) is 8.61. The largest absolute Gasteiger partial charge is 0.348 e. The Bertz CT molecular complexity index is 793. The van der Waals surface area contributed by atoms with Gasteiger partial charge >= 0.3 is 0 Å². The first-order valence-corrected chi connectivity index (χ1v) is 9.58. The minimum Gasteiger partial charge on any atom is -0.348 e. The Hall–Kier alpha value is -1.76. The summed E-state index contributed by atoms with van der Waals surface area (Å²) in [4.78, 5) is 13.0. The van der Waals surface area contributed by atoms with E-state index in [2.05, 4.69) is 62.8 Å². The molecule has 6 nitrogen and oxygen atoms in total. The van der Waals surface area contributed by atoms with Crippen LogP contribution in [0.5, 0.6) is 0 Å². The Kier molecular flexibility index (Phi) is 4.14. The molecule has 2 atom stereocenters. The molecular formula is C18H22BrN5O. The van der Waals surface area contributed by atoms with Crippen LogP contribution in [0.4, 0.5) is 0 Å². The van der Waals surface area contributed by atoms with E-state index in [0.29, 0.717) is 6.54 Å². The van der Waals surface area contributed by atoms with Crippen molar-refractivity contribution in [3.05, 3.63) is 39.6 Å². The second-order valence-electron chi connectivity index (χ2n) is 7.76. The van der Waals surface area contributed by atoms with Crippen LogP contribution >= 0.6 is 15.9 Å². The van der Waals surface area contributed by atoms with Gasteiger partial charge in [0.2, 0.25) is 5.91 Å². The maximum Gasteiger partial charge on any atom is 0.223 e. The van der Waals surface area contributed by atoms with Gasteiger partial charge in [0.05, 0.1) is 6.04 Å². The maximum atomic E-state index is 13.0. The first-order chi connectivity index (χ1) is 12.0. The highest BCUT2D eigenvalue weighted by atomic mass is 79.9. The van der Waals surface area contributed by atoms with Gasteiger partial charge in [-0.3, -0.25) is 4.79 Å². The van der Waals surface area contributed by atoms with E-state index in [0.717, 1.165) is 36.0 Å². The Morgan fingerprint density at radius 3 is 3.04 bits per heavy atom. The minimum atomic E-state index is -0.00416. The molecule has 0 bridgehead atoms. The van der Waals surface area contributed by atoms with Gasteiger partial charge in [0, 0.05) is 23.4 Å². The monoisotopic (exact) mass is 403 g/mol. The number of carbonyl (C=O) groups is 1. The molecule has 1 aliphatic heterocycles. The number of hydrogen-bond donors (Lipinski definition) is 1. The number of carbonyl (C=O) groups excluding carboxylic acids is 1. The minimum absolute atomic E-state index is 0.00416. The molecule has 4 rings (SSSR count). The fourth-order valence-corrected chi connectivity index (χ4v) is 4.63. The molecule has 0 spiro atoms. The van der Waals surface area contributed by atoms with E-state index in [1.165, 1.54) is 11.1 Å². The average molecular weight is 404 g/mol. The van der Waals surface area contributed by atoms with E-state index >= 15 is 0 Å². The van der Waals surface area contributed by atoms with Crippen molar-refractivity contribution in [1.29, 1.82) is 0 Å². The van der Waals surface area contributed by atoms with Crippen LogP contribution in [-0.4, -0.2) is 26.1 Å². The SMILES string of the molecule is CC1(C)Cc2c(Br)cccc2C1NC(=O)C1CCc2nnnn2CC1. The lowest BCUT2D eigenvalue weighted by Gasteiger charge is -2.30. The highest BCUT2D eigenvalue weighted by Gasteiger charge is 2.41. The van der Waals surface area contributed by atoms with E-state index in [9.17, 15) is 4.79 Å². The Balaban J connectivity index is 1.51. The molecule has 25 heavy (non-hydrogen) atoms. The molecule has 1 aromatic carbocycles. The van der Waals surface area contributed by atoms with Crippen LogP contribution in [-0.2, 0) is 24.2 Å². The zero-order valence-corrected chi connectivity index (χ0v) is 16.1. The third-order valence-corrected chi connectivity index (χ3v) is 6.29. The number of rotatable bonds is 2. The number of tetrazole rings is 1. The van der Waals surface area contributed by atoms with Crippen LogP contribution in [0.2, 0.25) is 0 Å². The van der Waals surface area contributed by atoms with E-state index in [1.54, 1.807) is 0 Å². The predicted octanol–water partition coefficient (Wildman–Crippen LogP) is 2.83. The van der Waals surface area contributed by atoms with E-state index in [4.69, 9.17) is 0 Å². The third kappa shape index (κ3) is 2.99. The summed E-state index contributed by atoms with van der Waals surface area (Å²) in [5.41, 5.74) is 2.56. The number of amides is 1.